The number of hydrogen-bond acceptors (Lipinski definition) is 4. The molecule has 1 N–H and O–H groups in total. The Labute approximate surface area is 190 Å². The summed E-state index contributed by atoms with van der Waals surface area (Å²) in [5.41, 5.74) is 1.15. The molecule has 7 heteroatoms. The van der Waals surface area contributed by atoms with E-state index in [1.54, 1.807) is 0 Å². The number of ether oxygens (including phenoxy) is 2. The van der Waals surface area contributed by atoms with Crippen molar-refractivity contribution in [2.45, 2.75) is 70.3 Å². The van der Waals surface area contributed by atoms with Crippen molar-refractivity contribution in [3.8, 4) is 5.88 Å². The number of aromatic nitrogens is 1. The molecule has 29 heavy (non-hydrogen) atoms. The zero-order valence-corrected chi connectivity index (χ0v) is 19.6. The molecule has 0 radical (unpaired) electrons. The van der Waals surface area contributed by atoms with Crippen molar-refractivity contribution in [1.82, 2.24) is 15.2 Å². The summed E-state index contributed by atoms with van der Waals surface area (Å²) in [4.78, 5) is 11.8. The van der Waals surface area contributed by atoms with E-state index in [2.05, 4.69) is 28.2 Å². The van der Waals surface area contributed by atoms with E-state index in [1.165, 1.54) is 25.7 Å². The summed E-state index contributed by atoms with van der Waals surface area (Å²) in [6, 6.07) is 4.10. The topological polar surface area (TPSA) is 59.0 Å². The van der Waals surface area contributed by atoms with Crippen LogP contribution in [0.1, 0.15) is 51.0 Å². The number of fused-ring (bicyclic) bond motifs is 5. The highest BCUT2D eigenvalue weighted by Crippen LogP contribution is 2.47. The molecule has 5 rings (SSSR count). The number of pyridine rings is 1. The predicted octanol–water partition coefficient (Wildman–Crippen LogP) is 3.60. The molecule has 6 nitrogen and oxygen atoms in total. The van der Waals surface area contributed by atoms with Crippen LogP contribution in [0.3, 0.4) is 0 Å². The maximum absolute atomic E-state index is 6.12. The van der Waals surface area contributed by atoms with Crippen molar-refractivity contribution in [2.75, 3.05) is 19.6 Å². The molecule has 0 spiro atoms. The van der Waals surface area contributed by atoms with Gasteiger partial charge in [-0.3, -0.25) is 0 Å². The summed E-state index contributed by atoms with van der Waals surface area (Å²) in [6.45, 7) is 5.83. The van der Waals surface area contributed by atoms with Crippen LogP contribution in [-0.4, -0.2) is 53.8 Å². The molecule has 3 aliphatic heterocycles. The molecule has 4 unspecified atom stereocenters. The van der Waals surface area contributed by atoms with Gasteiger partial charge in [0.25, 0.3) is 0 Å². The molecule has 4 heterocycles. The zero-order chi connectivity index (χ0) is 18.9. The summed E-state index contributed by atoms with van der Waals surface area (Å²) < 4.78 is 12.2. The van der Waals surface area contributed by atoms with Crippen LogP contribution in [0.15, 0.2) is 23.3 Å². The molecule has 1 aromatic rings. The highest BCUT2D eigenvalue weighted by atomic mass is 127. The number of hydrogen-bond donors (Lipinski definition) is 1. The van der Waals surface area contributed by atoms with Crippen LogP contribution in [0.2, 0.25) is 0 Å². The van der Waals surface area contributed by atoms with E-state index < -0.39 is 0 Å². The van der Waals surface area contributed by atoms with Crippen LogP contribution < -0.4 is 10.1 Å². The van der Waals surface area contributed by atoms with Gasteiger partial charge in [0.15, 0.2) is 5.96 Å². The highest BCUT2D eigenvalue weighted by molar-refractivity contribution is 14.0. The van der Waals surface area contributed by atoms with Crippen LogP contribution in [0.25, 0.3) is 0 Å². The Morgan fingerprint density at radius 3 is 2.62 bits per heavy atom. The molecular weight excluding hydrogens is 479 g/mol. The molecule has 0 amide bonds. The minimum absolute atomic E-state index is 0. The average Bonchev–Trinajstić information content (AvgIpc) is 3.48. The van der Waals surface area contributed by atoms with Crippen molar-refractivity contribution in [2.24, 2.45) is 16.8 Å². The standard InChI is InChI=1S/C22H32N4O2.HI/c1-2-23-22(26-13-17-18(14-26)20-8-7-19(17)28-20)25-12-15-9-10-24-21(11-15)27-16-5-3-4-6-16;/h9-11,16-20H,2-8,12-14H2,1H3,(H,23,25);1H. The highest BCUT2D eigenvalue weighted by Gasteiger charge is 2.53. The average molecular weight is 512 g/mol. The lowest BCUT2D eigenvalue weighted by atomic mass is 9.82. The first-order valence-electron chi connectivity index (χ1n) is 11.1. The SMILES string of the molecule is CCNC(=NCc1ccnc(OC2CCCC2)c1)N1CC2C3CCC(O3)C2C1.I. The van der Waals surface area contributed by atoms with Gasteiger partial charge in [0.05, 0.1) is 18.8 Å². The van der Waals surface area contributed by atoms with E-state index in [-0.39, 0.29) is 24.0 Å². The minimum Gasteiger partial charge on any atom is -0.474 e. The van der Waals surface area contributed by atoms with Crippen molar-refractivity contribution in [3.05, 3.63) is 23.9 Å². The second-order valence-corrected chi connectivity index (χ2v) is 8.72. The monoisotopic (exact) mass is 512 g/mol. The molecule has 2 bridgehead atoms. The fraction of sp³-hybridized carbons (Fsp3) is 0.727. The van der Waals surface area contributed by atoms with Gasteiger partial charge in [-0.2, -0.15) is 0 Å². The summed E-state index contributed by atoms with van der Waals surface area (Å²) in [5.74, 6) is 3.16. The lowest BCUT2D eigenvalue weighted by Crippen LogP contribution is -2.41. The summed E-state index contributed by atoms with van der Waals surface area (Å²) in [5, 5.41) is 3.50. The van der Waals surface area contributed by atoms with Gasteiger partial charge in [0.1, 0.15) is 6.10 Å². The molecule has 3 saturated heterocycles. The zero-order valence-electron chi connectivity index (χ0n) is 17.3. The molecule has 1 aromatic heterocycles. The Hall–Kier alpha value is -1.09. The number of halogens is 1. The Kier molecular flexibility index (Phi) is 6.83. The molecule has 1 saturated carbocycles. The van der Waals surface area contributed by atoms with E-state index in [1.807, 2.05) is 12.3 Å². The van der Waals surface area contributed by atoms with Crippen molar-refractivity contribution >= 4 is 29.9 Å². The lowest BCUT2D eigenvalue weighted by molar-refractivity contribution is 0.0767. The normalized spacial score (nSPS) is 31.1. The van der Waals surface area contributed by atoms with Gasteiger partial charge < -0.3 is 19.7 Å². The number of guanidine groups is 1. The minimum atomic E-state index is 0. The number of nitrogens with zero attached hydrogens (tertiary/aromatic N) is 3. The predicted molar refractivity (Wildman–Crippen MR) is 124 cm³/mol. The second kappa shape index (κ2) is 9.37. The van der Waals surface area contributed by atoms with Gasteiger partial charge in [0.2, 0.25) is 5.88 Å². The van der Waals surface area contributed by atoms with Gasteiger partial charge in [0, 0.05) is 43.7 Å². The first-order chi connectivity index (χ1) is 13.8. The van der Waals surface area contributed by atoms with Gasteiger partial charge in [-0.25, -0.2) is 9.98 Å². The summed E-state index contributed by atoms with van der Waals surface area (Å²) >= 11 is 0. The Morgan fingerprint density at radius 2 is 1.93 bits per heavy atom. The number of aliphatic imine (C=N–C) groups is 1. The van der Waals surface area contributed by atoms with E-state index in [0.717, 1.165) is 49.9 Å². The lowest BCUT2D eigenvalue weighted by Gasteiger charge is -2.23. The molecule has 4 aliphatic rings. The smallest absolute Gasteiger partial charge is 0.213 e. The maximum atomic E-state index is 6.12. The molecule has 4 fully saturated rings. The number of nitrogens with one attached hydrogen (secondary N) is 1. The van der Waals surface area contributed by atoms with Crippen LogP contribution in [0.5, 0.6) is 5.88 Å². The fourth-order valence-electron chi connectivity index (χ4n) is 5.52. The number of likely N-dealkylation sites (tertiary alicyclic amines) is 1. The third-order valence-corrected chi connectivity index (χ3v) is 6.89. The Balaban J connectivity index is 0.00000205. The van der Waals surface area contributed by atoms with Crippen molar-refractivity contribution in [3.63, 3.8) is 0 Å². The van der Waals surface area contributed by atoms with Gasteiger partial charge in [-0.15, -0.1) is 24.0 Å². The molecule has 4 atom stereocenters. The van der Waals surface area contributed by atoms with Crippen molar-refractivity contribution in [1.29, 1.82) is 0 Å². The van der Waals surface area contributed by atoms with E-state index in [0.29, 0.717) is 36.7 Å². The van der Waals surface area contributed by atoms with Crippen LogP contribution in [0.4, 0.5) is 0 Å². The summed E-state index contributed by atoms with van der Waals surface area (Å²) in [7, 11) is 0. The van der Waals surface area contributed by atoms with Crippen LogP contribution >= 0.6 is 24.0 Å². The largest absolute Gasteiger partial charge is 0.474 e. The van der Waals surface area contributed by atoms with Gasteiger partial charge >= 0.3 is 0 Å². The van der Waals surface area contributed by atoms with Crippen LogP contribution in [-0.2, 0) is 11.3 Å². The first-order valence-corrected chi connectivity index (χ1v) is 11.1. The molecular formula is C22H33IN4O2. The number of rotatable bonds is 5. The summed E-state index contributed by atoms with van der Waals surface area (Å²) in [6.07, 6.45) is 10.5. The second-order valence-electron chi connectivity index (χ2n) is 8.72. The third kappa shape index (κ3) is 4.50. The maximum Gasteiger partial charge on any atom is 0.213 e. The quantitative estimate of drug-likeness (QED) is 0.371. The van der Waals surface area contributed by atoms with E-state index in [4.69, 9.17) is 14.5 Å². The first kappa shape index (κ1) is 21.2. The Bertz CT molecular complexity index is 707. The fourth-order valence-corrected chi connectivity index (χ4v) is 5.52. The molecule has 1 aliphatic carbocycles. The third-order valence-electron chi connectivity index (χ3n) is 6.89. The molecule has 0 aromatic carbocycles. The molecule has 160 valence electrons. The van der Waals surface area contributed by atoms with Crippen molar-refractivity contribution < 1.29 is 9.47 Å². The van der Waals surface area contributed by atoms with Crippen LogP contribution in [0, 0.1) is 11.8 Å². The van der Waals surface area contributed by atoms with E-state index >= 15 is 0 Å². The van der Waals surface area contributed by atoms with E-state index in [9.17, 15) is 0 Å². The van der Waals surface area contributed by atoms with Gasteiger partial charge in [-0.05, 0) is 57.1 Å². The van der Waals surface area contributed by atoms with Gasteiger partial charge in [-0.1, -0.05) is 0 Å². The Morgan fingerprint density at radius 1 is 1.21 bits per heavy atom.